The van der Waals surface area contributed by atoms with E-state index in [2.05, 4.69) is 16.5 Å². The van der Waals surface area contributed by atoms with Crippen LogP contribution in [0.1, 0.15) is 5.56 Å². The SMILES string of the molecule is COc1cc(C2=C[NH2+]CCN=C2)cc(OC)c1OC. The topological polar surface area (TPSA) is 56.7 Å². The molecule has 19 heavy (non-hydrogen) atoms. The van der Waals surface area contributed by atoms with Crippen LogP contribution >= 0.6 is 0 Å². The number of nitrogens with two attached hydrogens (primary N) is 1. The van der Waals surface area contributed by atoms with E-state index in [1.54, 1.807) is 21.3 Å². The van der Waals surface area contributed by atoms with E-state index in [4.69, 9.17) is 14.2 Å². The summed E-state index contributed by atoms with van der Waals surface area (Å²) in [6.07, 6.45) is 3.95. The van der Waals surface area contributed by atoms with Crippen molar-refractivity contribution in [3.05, 3.63) is 23.9 Å². The highest BCUT2D eigenvalue weighted by Crippen LogP contribution is 2.39. The Labute approximate surface area is 112 Å². The van der Waals surface area contributed by atoms with Gasteiger partial charge in [0.2, 0.25) is 5.75 Å². The third-order valence-corrected chi connectivity index (χ3v) is 2.95. The number of ether oxygens (including phenoxy) is 3. The van der Waals surface area contributed by atoms with Gasteiger partial charge < -0.3 is 19.5 Å². The lowest BCUT2D eigenvalue weighted by Gasteiger charge is -2.13. The molecule has 0 saturated carbocycles. The van der Waals surface area contributed by atoms with Gasteiger partial charge in [-0.05, 0) is 17.7 Å². The first-order chi connectivity index (χ1) is 9.30. The normalized spacial score (nSPS) is 14.6. The lowest BCUT2D eigenvalue weighted by atomic mass is 10.1. The van der Waals surface area contributed by atoms with Crippen LogP contribution in [-0.4, -0.2) is 40.6 Å². The van der Waals surface area contributed by atoms with E-state index in [0.29, 0.717) is 17.2 Å². The van der Waals surface area contributed by atoms with Gasteiger partial charge in [0, 0.05) is 6.21 Å². The van der Waals surface area contributed by atoms with Crippen molar-refractivity contribution in [3.63, 3.8) is 0 Å². The molecule has 5 heteroatoms. The van der Waals surface area contributed by atoms with Gasteiger partial charge in [0.1, 0.15) is 6.20 Å². The van der Waals surface area contributed by atoms with Crippen LogP contribution in [0.3, 0.4) is 0 Å². The highest BCUT2D eigenvalue weighted by atomic mass is 16.5. The molecule has 0 saturated heterocycles. The average molecular weight is 263 g/mol. The summed E-state index contributed by atoms with van der Waals surface area (Å²) in [6.45, 7) is 1.79. The van der Waals surface area contributed by atoms with E-state index in [0.717, 1.165) is 24.2 Å². The van der Waals surface area contributed by atoms with Crippen LogP contribution in [0.4, 0.5) is 0 Å². The second-order valence-corrected chi connectivity index (χ2v) is 4.10. The van der Waals surface area contributed by atoms with Crippen molar-refractivity contribution in [2.24, 2.45) is 4.99 Å². The van der Waals surface area contributed by atoms with Gasteiger partial charge in [-0.2, -0.15) is 0 Å². The minimum atomic E-state index is 0.601. The summed E-state index contributed by atoms with van der Waals surface area (Å²) >= 11 is 0. The monoisotopic (exact) mass is 263 g/mol. The molecule has 0 radical (unpaired) electrons. The summed E-state index contributed by atoms with van der Waals surface area (Å²) in [5.41, 5.74) is 2.04. The van der Waals surface area contributed by atoms with E-state index in [9.17, 15) is 0 Å². The minimum Gasteiger partial charge on any atom is -0.493 e. The lowest BCUT2D eigenvalue weighted by molar-refractivity contribution is -0.583. The summed E-state index contributed by atoms with van der Waals surface area (Å²) in [6, 6.07) is 3.86. The standard InChI is InChI=1S/C14H18N2O3/c1-17-12-6-10(7-13(18-2)14(12)19-3)11-8-15-4-5-16-9-11/h6-9,15H,4-5H2,1-3H3/p+1. The van der Waals surface area contributed by atoms with Gasteiger partial charge in [0.25, 0.3) is 0 Å². The molecule has 0 spiro atoms. The van der Waals surface area contributed by atoms with Gasteiger partial charge in [0.05, 0.1) is 40.0 Å². The number of methoxy groups -OCH3 is 3. The largest absolute Gasteiger partial charge is 0.493 e. The molecule has 1 aliphatic heterocycles. The summed E-state index contributed by atoms with van der Waals surface area (Å²) in [5.74, 6) is 1.90. The molecule has 1 aromatic rings. The fourth-order valence-corrected chi connectivity index (χ4v) is 1.98. The Morgan fingerprint density at radius 3 is 2.32 bits per heavy atom. The molecule has 1 heterocycles. The molecule has 0 unspecified atom stereocenters. The third-order valence-electron chi connectivity index (χ3n) is 2.95. The number of aliphatic imine (C=N–C) groups is 1. The predicted octanol–water partition coefficient (Wildman–Crippen LogP) is 0.701. The predicted molar refractivity (Wildman–Crippen MR) is 74.2 cm³/mol. The molecule has 0 aliphatic carbocycles. The van der Waals surface area contributed by atoms with Crippen LogP contribution in [0.2, 0.25) is 0 Å². The Balaban J connectivity index is 2.49. The molecule has 0 bridgehead atoms. The minimum absolute atomic E-state index is 0.601. The maximum atomic E-state index is 5.35. The van der Waals surface area contributed by atoms with E-state index in [1.807, 2.05) is 18.3 Å². The molecule has 2 N–H and O–H groups in total. The summed E-state index contributed by atoms with van der Waals surface area (Å²) in [7, 11) is 4.83. The Morgan fingerprint density at radius 2 is 1.74 bits per heavy atom. The zero-order chi connectivity index (χ0) is 13.7. The average Bonchev–Trinajstić information content (AvgIpc) is 2.74. The molecule has 102 valence electrons. The Kier molecular flexibility index (Phi) is 4.41. The van der Waals surface area contributed by atoms with Crippen LogP contribution in [0.5, 0.6) is 17.2 Å². The second kappa shape index (κ2) is 6.24. The Hall–Kier alpha value is -2.01. The van der Waals surface area contributed by atoms with Crippen LogP contribution in [0.25, 0.3) is 5.57 Å². The zero-order valence-corrected chi connectivity index (χ0v) is 11.5. The van der Waals surface area contributed by atoms with Gasteiger partial charge in [-0.1, -0.05) is 0 Å². The van der Waals surface area contributed by atoms with Crippen LogP contribution in [0.15, 0.2) is 23.3 Å². The molecular formula is C14H19N2O3+. The van der Waals surface area contributed by atoms with Gasteiger partial charge >= 0.3 is 0 Å². The van der Waals surface area contributed by atoms with Crippen molar-refractivity contribution in [1.29, 1.82) is 0 Å². The molecule has 0 amide bonds. The quantitative estimate of drug-likeness (QED) is 0.870. The highest BCUT2D eigenvalue weighted by Gasteiger charge is 2.15. The molecule has 0 aromatic heterocycles. The first-order valence-electron chi connectivity index (χ1n) is 6.14. The number of nitrogens with zero attached hydrogens (tertiary/aromatic N) is 1. The van der Waals surface area contributed by atoms with Crippen molar-refractivity contribution >= 4 is 11.8 Å². The van der Waals surface area contributed by atoms with E-state index < -0.39 is 0 Å². The van der Waals surface area contributed by atoms with Crippen molar-refractivity contribution in [3.8, 4) is 17.2 Å². The van der Waals surface area contributed by atoms with Crippen molar-refractivity contribution < 1.29 is 19.5 Å². The number of hydrogen-bond donors (Lipinski definition) is 1. The molecular weight excluding hydrogens is 244 g/mol. The van der Waals surface area contributed by atoms with Gasteiger partial charge in [0.15, 0.2) is 11.5 Å². The summed E-state index contributed by atoms with van der Waals surface area (Å²) < 4.78 is 16.0. The molecule has 0 atom stereocenters. The maximum absolute atomic E-state index is 5.35. The number of quaternary nitrogens is 1. The number of rotatable bonds is 4. The molecule has 1 aromatic carbocycles. The van der Waals surface area contributed by atoms with Crippen molar-refractivity contribution in [2.45, 2.75) is 0 Å². The van der Waals surface area contributed by atoms with Crippen LogP contribution in [0, 0.1) is 0 Å². The lowest BCUT2D eigenvalue weighted by Crippen LogP contribution is -2.78. The fraction of sp³-hybridized carbons (Fsp3) is 0.357. The molecule has 5 nitrogen and oxygen atoms in total. The van der Waals surface area contributed by atoms with E-state index >= 15 is 0 Å². The number of benzene rings is 1. The smallest absolute Gasteiger partial charge is 0.203 e. The number of hydrogen-bond acceptors (Lipinski definition) is 4. The summed E-state index contributed by atoms with van der Waals surface area (Å²) in [5, 5.41) is 2.12. The first kappa shape index (κ1) is 13.4. The second-order valence-electron chi connectivity index (χ2n) is 4.10. The maximum Gasteiger partial charge on any atom is 0.203 e. The molecule has 2 rings (SSSR count). The van der Waals surface area contributed by atoms with Gasteiger partial charge in [-0.3, -0.25) is 4.99 Å². The fourth-order valence-electron chi connectivity index (χ4n) is 1.98. The van der Waals surface area contributed by atoms with Crippen molar-refractivity contribution in [1.82, 2.24) is 0 Å². The third kappa shape index (κ3) is 2.88. The summed E-state index contributed by atoms with van der Waals surface area (Å²) in [4.78, 5) is 4.34. The zero-order valence-electron chi connectivity index (χ0n) is 11.5. The number of allylic oxidation sites excluding steroid dienone is 1. The molecule has 0 fully saturated rings. The van der Waals surface area contributed by atoms with Crippen LogP contribution in [-0.2, 0) is 0 Å². The van der Waals surface area contributed by atoms with Gasteiger partial charge in [-0.15, -0.1) is 0 Å². The van der Waals surface area contributed by atoms with E-state index in [1.165, 1.54) is 0 Å². The van der Waals surface area contributed by atoms with Crippen molar-refractivity contribution in [2.75, 3.05) is 34.4 Å². The van der Waals surface area contributed by atoms with Crippen LogP contribution < -0.4 is 19.5 Å². The highest BCUT2D eigenvalue weighted by molar-refractivity contribution is 6.09. The molecule has 1 aliphatic rings. The van der Waals surface area contributed by atoms with Gasteiger partial charge in [-0.25, -0.2) is 0 Å². The Bertz CT molecular complexity index is 484. The first-order valence-corrected chi connectivity index (χ1v) is 6.14. The van der Waals surface area contributed by atoms with E-state index in [-0.39, 0.29) is 0 Å². The Morgan fingerprint density at radius 1 is 1.05 bits per heavy atom.